The van der Waals surface area contributed by atoms with E-state index in [1.54, 1.807) is 0 Å². The van der Waals surface area contributed by atoms with Gasteiger partial charge in [-0.3, -0.25) is 4.90 Å². The monoisotopic (exact) mass is 455 g/mol. The van der Waals surface area contributed by atoms with Gasteiger partial charge < -0.3 is 16.2 Å². The van der Waals surface area contributed by atoms with Gasteiger partial charge in [0.2, 0.25) is 0 Å². The number of aliphatic hydroxyl groups excluding tert-OH is 1. The zero-order valence-corrected chi connectivity index (χ0v) is 16.9. The molecule has 0 spiro atoms. The first-order valence-electron chi connectivity index (χ1n) is 7.17. The summed E-state index contributed by atoms with van der Waals surface area (Å²) in [5.74, 6) is 0. The molecule has 0 aliphatic carbocycles. The van der Waals surface area contributed by atoms with Crippen molar-refractivity contribution in [1.82, 2.24) is 10.2 Å². The van der Waals surface area contributed by atoms with Crippen molar-refractivity contribution in [1.29, 1.82) is 0 Å². The van der Waals surface area contributed by atoms with Gasteiger partial charge in [-0.15, -0.1) is 12.4 Å². The first-order valence-corrected chi connectivity index (χ1v) is 8.75. The summed E-state index contributed by atoms with van der Waals surface area (Å²) in [7, 11) is 0. The summed E-state index contributed by atoms with van der Waals surface area (Å²) in [5, 5.41) is 13.3. The van der Waals surface area contributed by atoms with E-state index in [9.17, 15) is 5.11 Å². The van der Waals surface area contributed by atoms with Crippen LogP contribution in [0.25, 0.3) is 0 Å². The van der Waals surface area contributed by atoms with Gasteiger partial charge in [-0.2, -0.15) is 0 Å². The van der Waals surface area contributed by atoms with Crippen molar-refractivity contribution in [2.45, 2.75) is 19.9 Å². The molecule has 4 N–H and O–H groups in total. The summed E-state index contributed by atoms with van der Waals surface area (Å²) >= 11 is 7.08. The second kappa shape index (κ2) is 8.31. The zero-order chi connectivity index (χ0) is 15.6. The molecule has 1 fully saturated rings. The van der Waals surface area contributed by atoms with Crippen molar-refractivity contribution in [3.8, 4) is 0 Å². The van der Waals surface area contributed by atoms with Crippen molar-refractivity contribution < 1.29 is 5.11 Å². The Bertz CT molecular complexity index is 508. The highest BCUT2D eigenvalue weighted by atomic mass is 79.9. The van der Waals surface area contributed by atoms with E-state index in [1.807, 2.05) is 6.07 Å². The molecule has 1 saturated heterocycles. The number of aliphatic hydroxyl groups is 1. The number of nitrogens with zero attached hydrogens (tertiary/aromatic N) is 1. The van der Waals surface area contributed by atoms with Crippen LogP contribution >= 0.6 is 44.3 Å². The van der Waals surface area contributed by atoms with Crippen LogP contribution in [0.4, 0.5) is 5.69 Å². The fraction of sp³-hybridized carbons (Fsp3) is 0.600. The average Bonchev–Trinajstić information content (AvgIpc) is 2.45. The van der Waals surface area contributed by atoms with Gasteiger partial charge in [-0.1, -0.05) is 29.8 Å². The number of benzene rings is 1. The van der Waals surface area contributed by atoms with E-state index in [4.69, 9.17) is 5.73 Å². The Kier molecular flexibility index (Phi) is 7.63. The van der Waals surface area contributed by atoms with Crippen molar-refractivity contribution in [2.75, 3.05) is 38.5 Å². The van der Waals surface area contributed by atoms with Gasteiger partial charge >= 0.3 is 0 Å². The van der Waals surface area contributed by atoms with E-state index >= 15 is 0 Å². The number of piperazine rings is 1. The Morgan fingerprint density at radius 2 is 1.91 bits per heavy atom. The molecule has 1 aliphatic rings. The molecule has 22 heavy (non-hydrogen) atoms. The average molecular weight is 458 g/mol. The summed E-state index contributed by atoms with van der Waals surface area (Å²) in [6, 6.07) is 4.11. The van der Waals surface area contributed by atoms with E-state index < -0.39 is 0 Å². The van der Waals surface area contributed by atoms with E-state index in [-0.39, 0.29) is 30.5 Å². The maximum absolute atomic E-state index is 9.88. The maximum Gasteiger partial charge on any atom is 0.0508 e. The first-order chi connectivity index (χ1) is 9.86. The molecule has 0 radical (unpaired) electrons. The summed E-state index contributed by atoms with van der Waals surface area (Å²) in [5.41, 5.74) is 7.87. The fourth-order valence-corrected chi connectivity index (χ4v) is 4.23. The van der Waals surface area contributed by atoms with Gasteiger partial charge in [0.05, 0.1) is 5.69 Å². The lowest BCUT2D eigenvalue weighted by Gasteiger charge is -2.44. The normalized spacial score (nSPS) is 17.9. The van der Waals surface area contributed by atoms with Crippen LogP contribution in [0.2, 0.25) is 0 Å². The number of nitrogen functional groups attached to an aromatic ring is 1. The molecule has 0 bridgehead atoms. The van der Waals surface area contributed by atoms with E-state index in [0.717, 1.165) is 46.4 Å². The molecule has 0 unspecified atom stereocenters. The van der Waals surface area contributed by atoms with Gasteiger partial charge in [0, 0.05) is 53.2 Å². The molecular formula is C15H24Br2ClN3O. The molecular weight excluding hydrogens is 433 g/mol. The van der Waals surface area contributed by atoms with Gasteiger partial charge in [0.25, 0.3) is 0 Å². The topological polar surface area (TPSA) is 61.5 Å². The van der Waals surface area contributed by atoms with Gasteiger partial charge in [-0.25, -0.2) is 0 Å². The Labute approximate surface area is 155 Å². The summed E-state index contributed by atoms with van der Waals surface area (Å²) < 4.78 is 1.88. The minimum Gasteiger partial charge on any atom is -0.398 e. The molecule has 0 aromatic heterocycles. The largest absolute Gasteiger partial charge is 0.398 e. The summed E-state index contributed by atoms with van der Waals surface area (Å²) in [6.07, 6.45) is 0. The van der Waals surface area contributed by atoms with Crippen molar-refractivity contribution >= 4 is 50.0 Å². The highest BCUT2D eigenvalue weighted by Crippen LogP contribution is 2.43. The number of hydrogen-bond donors (Lipinski definition) is 3. The number of rotatable bonds is 4. The number of nitrogens with one attached hydrogen (secondary N) is 1. The second-order valence-electron chi connectivity index (χ2n) is 6.23. The molecule has 2 rings (SSSR count). The van der Waals surface area contributed by atoms with Crippen molar-refractivity contribution in [3.05, 3.63) is 26.6 Å². The molecule has 1 aromatic carbocycles. The lowest BCUT2D eigenvalue weighted by molar-refractivity contribution is 0.0308. The van der Waals surface area contributed by atoms with Crippen LogP contribution in [0.15, 0.2) is 21.1 Å². The highest BCUT2D eigenvalue weighted by Gasteiger charge is 2.37. The molecule has 0 amide bonds. The fourth-order valence-electron chi connectivity index (χ4n) is 2.97. The van der Waals surface area contributed by atoms with Crippen molar-refractivity contribution in [3.63, 3.8) is 0 Å². The van der Waals surface area contributed by atoms with Crippen LogP contribution in [0.3, 0.4) is 0 Å². The predicted octanol–water partition coefficient (Wildman–Crippen LogP) is 3.18. The second-order valence-corrected chi connectivity index (χ2v) is 8.00. The minimum atomic E-state index is -0.272. The lowest BCUT2D eigenvalue weighted by atomic mass is 9.79. The van der Waals surface area contributed by atoms with Crippen LogP contribution in [0.1, 0.15) is 25.5 Å². The SMILES string of the molecule is CC(C)(CO)[C@@H](c1cc(Br)cc(Br)c1N)N1CCNCC1.Cl. The Morgan fingerprint density at radius 1 is 1.32 bits per heavy atom. The molecule has 1 aromatic rings. The number of hydrogen-bond acceptors (Lipinski definition) is 4. The quantitative estimate of drug-likeness (QED) is 0.608. The van der Waals surface area contributed by atoms with Crippen LogP contribution in [0.5, 0.6) is 0 Å². The number of halogens is 3. The number of nitrogens with two attached hydrogens (primary N) is 1. The lowest BCUT2D eigenvalue weighted by Crippen LogP contribution is -2.49. The zero-order valence-electron chi connectivity index (χ0n) is 12.9. The molecule has 4 nitrogen and oxygen atoms in total. The smallest absolute Gasteiger partial charge is 0.0508 e. The van der Waals surface area contributed by atoms with Gasteiger partial charge in [0.15, 0.2) is 0 Å². The first kappa shape index (κ1) is 20.2. The molecule has 1 atom stereocenters. The molecule has 1 aliphatic heterocycles. The third-order valence-electron chi connectivity index (χ3n) is 4.09. The Hall–Kier alpha value is 0.150. The highest BCUT2D eigenvalue weighted by molar-refractivity contribution is 9.11. The third kappa shape index (κ3) is 4.36. The van der Waals surface area contributed by atoms with Crippen LogP contribution < -0.4 is 11.1 Å². The Morgan fingerprint density at radius 3 is 2.45 bits per heavy atom. The standard InChI is InChI=1S/C15H23Br2N3O.ClH/c1-15(2,9-21)14(20-5-3-19-4-6-20)11-7-10(16)8-12(17)13(11)18;/h7-8,14,19,21H,3-6,9,18H2,1-2H3;1H/t14-;/m1./s1. The Balaban J connectivity index is 0.00000242. The molecule has 7 heteroatoms. The molecule has 0 saturated carbocycles. The van der Waals surface area contributed by atoms with Crippen LogP contribution in [-0.4, -0.2) is 42.8 Å². The molecule has 1 heterocycles. The van der Waals surface area contributed by atoms with E-state index in [2.05, 4.69) is 62.0 Å². The van der Waals surface area contributed by atoms with Crippen LogP contribution in [-0.2, 0) is 0 Å². The molecule has 126 valence electrons. The summed E-state index contributed by atoms with van der Waals surface area (Å²) in [4.78, 5) is 2.41. The maximum atomic E-state index is 9.88. The minimum absolute atomic E-state index is 0. The predicted molar refractivity (Wildman–Crippen MR) is 102 cm³/mol. The third-order valence-corrected chi connectivity index (χ3v) is 5.20. The summed E-state index contributed by atoms with van der Waals surface area (Å²) in [6.45, 7) is 8.14. The number of anilines is 1. The van der Waals surface area contributed by atoms with Crippen molar-refractivity contribution in [2.24, 2.45) is 5.41 Å². The van der Waals surface area contributed by atoms with Gasteiger partial charge in [-0.05, 0) is 33.6 Å². The van der Waals surface area contributed by atoms with E-state index in [0.29, 0.717) is 0 Å². The van der Waals surface area contributed by atoms with E-state index in [1.165, 1.54) is 0 Å². The van der Waals surface area contributed by atoms with Gasteiger partial charge in [0.1, 0.15) is 0 Å². The van der Waals surface area contributed by atoms with Crippen LogP contribution in [0, 0.1) is 5.41 Å².